The molecule has 0 fully saturated rings. The lowest BCUT2D eigenvalue weighted by atomic mass is 10.1. The molecule has 0 saturated heterocycles. The molecule has 2 aromatic carbocycles. The van der Waals surface area contributed by atoms with Gasteiger partial charge >= 0.3 is 5.97 Å². The van der Waals surface area contributed by atoms with Gasteiger partial charge in [0.25, 0.3) is 11.8 Å². The van der Waals surface area contributed by atoms with Gasteiger partial charge in [0.1, 0.15) is 0 Å². The van der Waals surface area contributed by atoms with Crippen molar-refractivity contribution in [2.24, 2.45) is 0 Å². The summed E-state index contributed by atoms with van der Waals surface area (Å²) in [5.74, 6) is -1.85. The SMILES string of the molecule is O=C(CCCN1C(=O)c2ccccc2C1=O)NCc1ccc(C(=O)O)cc1. The molecule has 0 spiro atoms. The molecule has 1 aliphatic heterocycles. The summed E-state index contributed by atoms with van der Waals surface area (Å²) in [5, 5.41) is 11.6. The van der Waals surface area contributed by atoms with Crippen molar-refractivity contribution in [3.8, 4) is 0 Å². The van der Waals surface area contributed by atoms with Crippen molar-refractivity contribution in [2.45, 2.75) is 19.4 Å². The molecule has 2 aromatic rings. The smallest absolute Gasteiger partial charge is 0.335 e. The molecule has 0 atom stereocenters. The van der Waals surface area contributed by atoms with Gasteiger partial charge < -0.3 is 10.4 Å². The number of aromatic carboxylic acids is 1. The maximum Gasteiger partial charge on any atom is 0.335 e. The largest absolute Gasteiger partial charge is 0.478 e. The summed E-state index contributed by atoms with van der Waals surface area (Å²) in [5.41, 5.74) is 1.77. The summed E-state index contributed by atoms with van der Waals surface area (Å²) in [6.45, 7) is 0.471. The minimum absolute atomic E-state index is 0.181. The normalized spacial score (nSPS) is 12.8. The first-order valence-corrected chi connectivity index (χ1v) is 8.51. The van der Waals surface area contributed by atoms with E-state index in [4.69, 9.17) is 5.11 Å². The van der Waals surface area contributed by atoms with Gasteiger partial charge in [-0.25, -0.2) is 4.79 Å². The number of hydrogen-bond acceptors (Lipinski definition) is 4. The number of benzene rings is 2. The first-order valence-electron chi connectivity index (χ1n) is 8.51. The molecule has 0 aromatic heterocycles. The van der Waals surface area contributed by atoms with E-state index >= 15 is 0 Å². The molecule has 0 aliphatic carbocycles. The molecule has 138 valence electrons. The van der Waals surface area contributed by atoms with Gasteiger partial charge in [0, 0.05) is 19.5 Å². The number of carboxylic acid groups (broad SMARTS) is 1. The average Bonchev–Trinajstić information content (AvgIpc) is 2.92. The van der Waals surface area contributed by atoms with Crippen molar-refractivity contribution in [3.63, 3.8) is 0 Å². The second kappa shape index (κ2) is 7.82. The Hall–Kier alpha value is -3.48. The number of rotatable bonds is 7. The zero-order chi connectivity index (χ0) is 19.4. The highest BCUT2D eigenvalue weighted by atomic mass is 16.4. The van der Waals surface area contributed by atoms with Gasteiger partial charge in [0.05, 0.1) is 16.7 Å². The molecule has 0 saturated carbocycles. The van der Waals surface area contributed by atoms with Crippen molar-refractivity contribution < 1.29 is 24.3 Å². The van der Waals surface area contributed by atoms with E-state index in [1.807, 2.05) is 0 Å². The van der Waals surface area contributed by atoms with Crippen LogP contribution in [0.2, 0.25) is 0 Å². The first kappa shape index (κ1) is 18.3. The van der Waals surface area contributed by atoms with Crippen LogP contribution in [0.3, 0.4) is 0 Å². The van der Waals surface area contributed by atoms with E-state index in [2.05, 4.69) is 5.32 Å². The van der Waals surface area contributed by atoms with Gasteiger partial charge in [-0.05, 0) is 36.2 Å². The number of hydrogen-bond donors (Lipinski definition) is 2. The Morgan fingerprint density at radius 3 is 2.07 bits per heavy atom. The van der Waals surface area contributed by atoms with E-state index in [-0.39, 0.29) is 42.8 Å². The summed E-state index contributed by atoms with van der Waals surface area (Å²) in [6, 6.07) is 12.9. The van der Waals surface area contributed by atoms with Crippen molar-refractivity contribution >= 4 is 23.7 Å². The lowest BCUT2D eigenvalue weighted by molar-refractivity contribution is -0.121. The third-order valence-corrected chi connectivity index (χ3v) is 4.35. The van der Waals surface area contributed by atoms with Gasteiger partial charge in [-0.2, -0.15) is 0 Å². The summed E-state index contributed by atoms with van der Waals surface area (Å²) in [6.07, 6.45) is 0.551. The van der Waals surface area contributed by atoms with Crippen molar-refractivity contribution in [2.75, 3.05) is 6.54 Å². The summed E-state index contributed by atoms with van der Waals surface area (Å²) in [7, 11) is 0. The molecular formula is C20H18N2O5. The van der Waals surface area contributed by atoms with Crippen LogP contribution >= 0.6 is 0 Å². The van der Waals surface area contributed by atoms with Crippen LogP contribution in [-0.4, -0.2) is 40.2 Å². The number of carboxylic acids is 1. The second-order valence-corrected chi connectivity index (χ2v) is 6.19. The Labute approximate surface area is 155 Å². The average molecular weight is 366 g/mol. The monoisotopic (exact) mass is 366 g/mol. The van der Waals surface area contributed by atoms with E-state index in [1.165, 1.54) is 17.0 Å². The minimum atomic E-state index is -1.00. The summed E-state index contributed by atoms with van der Waals surface area (Å²) in [4.78, 5) is 48.4. The molecule has 27 heavy (non-hydrogen) atoms. The van der Waals surface area contributed by atoms with E-state index in [0.29, 0.717) is 17.5 Å². The Morgan fingerprint density at radius 2 is 1.52 bits per heavy atom. The van der Waals surface area contributed by atoms with Gasteiger partial charge in [-0.15, -0.1) is 0 Å². The van der Waals surface area contributed by atoms with Gasteiger partial charge in [-0.1, -0.05) is 24.3 Å². The maximum atomic E-state index is 12.2. The predicted molar refractivity (Wildman–Crippen MR) is 96.3 cm³/mol. The third-order valence-electron chi connectivity index (χ3n) is 4.35. The molecular weight excluding hydrogens is 348 g/mol. The van der Waals surface area contributed by atoms with Gasteiger partial charge in [-0.3, -0.25) is 19.3 Å². The van der Waals surface area contributed by atoms with Crippen LogP contribution in [0.5, 0.6) is 0 Å². The molecule has 7 heteroatoms. The summed E-state index contributed by atoms with van der Waals surface area (Å²) < 4.78 is 0. The van der Waals surface area contributed by atoms with Crippen LogP contribution in [0.1, 0.15) is 49.5 Å². The van der Waals surface area contributed by atoms with Crippen LogP contribution in [-0.2, 0) is 11.3 Å². The Balaban J connectivity index is 1.44. The van der Waals surface area contributed by atoms with E-state index in [1.54, 1.807) is 36.4 Å². The fraction of sp³-hybridized carbons (Fsp3) is 0.200. The maximum absolute atomic E-state index is 12.2. The number of carbonyl (C=O) groups excluding carboxylic acids is 3. The molecule has 3 amide bonds. The van der Waals surface area contributed by atoms with Crippen LogP contribution in [0.15, 0.2) is 48.5 Å². The molecule has 0 bridgehead atoms. The van der Waals surface area contributed by atoms with E-state index < -0.39 is 5.97 Å². The zero-order valence-electron chi connectivity index (χ0n) is 14.5. The zero-order valence-corrected chi connectivity index (χ0v) is 14.5. The third kappa shape index (κ3) is 4.03. The van der Waals surface area contributed by atoms with E-state index in [9.17, 15) is 19.2 Å². The van der Waals surface area contributed by atoms with Crippen LogP contribution in [0, 0.1) is 0 Å². The van der Waals surface area contributed by atoms with Crippen molar-refractivity contribution in [1.82, 2.24) is 10.2 Å². The highest BCUT2D eigenvalue weighted by Crippen LogP contribution is 2.22. The van der Waals surface area contributed by atoms with E-state index in [0.717, 1.165) is 5.56 Å². The van der Waals surface area contributed by atoms with Gasteiger partial charge in [0.15, 0.2) is 0 Å². The van der Waals surface area contributed by atoms with Crippen LogP contribution in [0.25, 0.3) is 0 Å². The standard InChI is InChI=1S/C20H18N2O5/c23-17(21-12-13-7-9-14(10-8-13)20(26)27)6-3-11-22-18(24)15-4-1-2-5-16(15)19(22)25/h1-2,4-5,7-10H,3,6,11-12H2,(H,21,23)(H,26,27). The lowest BCUT2D eigenvalue weighted by Gasteiger charge is -2.13. The highest BCUT2D eigenvalue weighted by Gasteiger charge is 2.34. The fourth-order valence-electron chi connectivity index (χ4n) is 2.89. The number of fused-ring (bicyclic) bond motifs is 1. The number of imide groups is 1. The number of carbonyl (C=O) groups is 4. The van der Waals surface area contributed by atoms with Crippen molar-refractivity contribution in [1.29, 1.82) is 0 Å². The fourth-order valence-corrected chi connectivity index (χ4v) is 2.89. The molecule has 0 radical (unpaired) electrons. The Kier molecular flexibility index (Phi) is 5.30. The second-order valence-electron chi connectivity index (χ2n) is 6.19. The molecule has 1 heterocycles. The highest BCUT2D eigenvalue weighted by molar-refractivity contribution is 6.21. The topological polar surface area (TPSA) is 104 Å². The van der Waals surface area contributed by atoms with Gasteiger partial charge in [0.2, 0.25) is 5.91 Å². The molecule has 3 rings (SSSR count). The molecule has 1 aliphatic rings. The Bertz CT molecular complexity index is 870. The quantitative estimate of drug-likeness (QED) is 0.730. The number of nitrogens with zero attached hydrogens (tertiary/aromatic N) is 1. The number of amides is 3. The molecule has 7 nitrogen and oxygen atoms in total. The number of nitrogens with one attached hydrogen (secondary N) is 1. The van der Waals surface area contributed by atoms with Crippen LogP contribution in [0.4, 0.5) is 0 Å². The molecule has 2 N–H and O–H groups in total. The first-order chi connectivity index (χ1) is 13.0. The predicted octanol–water partition coefficient (Wildman–Crippen LogP) is 2.08. The van der Waals surface area contributed by atoms with Crippen molar-refractivity contribution in [3.05, 3.63) is 70.8 Å². The lowest BCUT2D eigenvalue weighted by Crippen LogP contribution is -2.32. The van der Waals surface area contributed by atoms with Crippen LogP contribution < -0.4 is 5.32 Å². The minimum Gasteiger partial charge on any atom is -0.478 e. The summed E-state index contributed by atoms with van der Waals surface area (Å²) >= 11 is 0. The molecule has 0 unspecified atom stereocenters. The Morgan fingerprint density at radius 1 is 0.926 bits per heavy atom.